The second-order valence-corrected chi connectivity index (χ2v) is 5.65. The van der Waals surface area contributed by atoms with Gasteiger partial charge in [-0.25, -0.2) is 0 Å². The Morgan fingerprint density at radius 2 is 1.36 bits per heavy atom. The van der Waals surface area contributed by atoms with Gasteiger partial charge in [-0.3, -0.25) is 4.57 Å². The first-order valence-electron chi connectivity index (χ1n) is 4.30. The SMILES string of the molecule is CC(C)[N+](C)(C)C.COP(=O)([O-])OC. The molecule has 0 aromatic carbocycles. The van der Waals surface area contributed by atoms with Crippen LogP contribution in [0.25, 0.3) is 0 Å². The summed E-state index contributed by atoms with van der Waals surface area (Å²) in [7, 11) is 4.77. The van der Waals surface area contributed by atoms with Gasteiger partial charge in [-0.1, -0.05) is 0 Å². The maximum Gasteiger partial charge on any atom is 0.267 e. The second-order valence-electron chi connectivity index (χ2n) is 4.02. The maximum absolute atomic E-state index is 9.95. The van der Waals surface area contributed by atoms with Crippen molar-refractivity contribution in [2.75, 3.05) is 35.4 Å². The quantitative estimate of drug-likeness (QED) is 0.529. The lowest BCUT2D eigenvalue weighted by Crippen LogP contribution is -2.41. The van der Waals surface area contributed by atoms with E-state index in [1.54, 1.807) is 0 Å². The second kappa shape index (κ2) is 6.53. The van der Waals surface area contributed by atoms with Crippen LogP contribution in [0.15, 0.2) is 0 Å². The summed E-state index contributed by atoms with van der Waals surface area (Å²) in [6.07, 6.45) is 0. The van der Waals surface area contributed by atoms with E-state index in [4.69, 9.17) is 0 Å². The van der Waals surface area contributed by atoms with E-state index >= 15 is 0 Å². The van der Waals surface area contributed by atoms with Crippen molar-refractivity contribution in [2.24, 2.45) is 0 Å². The Bertz CT molecular complexity index is 180. The van der Waals surface area contributed by atoms with Gasteiger partial charge in [0.2, 0.25) is 0 Å². The number of quaternary nitrogens is 1. The standard InChI is InChI=1S/C6H16N.C2H7O4P/c1-6(2)7(3,4)5;1-5-7(3,4)6-2/h6H,1-5H3;1-2H3,(H,3,4)/q+1;/p-1. The lowest BCUT2D eigenvalue weighted by atomic mass is 10.3. The van der Waals surface area contributed by atoms with Crippen molar-refractivity contribution >= 4 is 7.82 Å². The predicted molar refractivity (Wildman–Crippen MR) is 54.8 cm³/mol. The van der Waals surface area contributed by atoms with E-state index in [1.165, 1.54) is 0 Å². The molecule has 0 unspecified atom stereocenters. The highest BCUT2D eigenvalue weighted by molar-refractivity contribution is 7.45. The molecule has 0 aliphatic carbocycles. The summed E-state index contributed by atoms with van der Waals surface area (Å²) in [4.78, 5) is 9.95. The molecule has 0 aliphatic heterocycles. The molecule has 0 amide bonds. The highest BCUT2D eigenvalue weighted by atomic mass is 31.2. The number of phosphoric acid groups is 1. The molecule has 88 valence electrons. The third kappa shape index (κ3) is 10.2. The Kier molecular flexibility index (Phi) is 7.70. The molecule has 0 saturated carbocycles. The lowest BCUT2D eigenvalue weighted by Gasteiger charge is -2.28. The predicted octanol–water partition coefficient (Wildman–Crippen LogP) is 0.849. The van der Waals surface area contributed by atoms with Crippen LogP contribution in [0.2, 0.25) is 0 Å². The highest BCUT2D eigenvalue weighted by Crippen LogP contribution is 2.34. The van der Waals surface area contributed by atoms with Crippen molar-refractivity contribution in [3.63, 3.8) is 0 Å². The molecule has 0 aromatic heterocycles. The normalized spacial score (nSPS) is 12.4. The summed E-state index contributed by atoms with van der Waals surface area (Å²) in [5, 5.41) is 0. The topological polar surface area (TPSA) is 58.6 Å². The number of nitrogens with zero attached hydrogens (tertiary/aromatic N) is 1. The van der Waals surface area contributed by atoms with E-state index in [-0.39, 0.29) is 0 Å². The minimum absolute atomic E-state index is 0.736. The van der Waals surface area contributed by atoms with Gasteiger partial charge in [-0.2, -0.15) is 0 Å². The van der Waals surface area contributed by atoms with Gasteiger partial charge in [0.05, 0.1) is 27.2 Å². The summed E-state index contributed by atoms with van der Waals surface area (Å²) in [5.74, 6) is 0. The van der Waals surface area contributed by atoms with E-state index in [0.717, 1.165) is 24.7 Å². The van der Waals surface area contributed by atoms with Gasteiger partial charge in [0.25, 0.3) is 7.82 Å². The van der Waals surface area contributed by atoms with E-state index < -0.39 is 7.82 Å². The zero-order chi connectivity index (χ0) is 12.0. The van der Waals surface area contributed by atoms with Crippen LogP contribution in [-0.4, -0.2) is 45.9 Å². The number of hydrogen-bond donors (Lipinski definition) is 0. The van der Waals surface area contributed by atoms with Crippen molar-refractivity contribution < 1.29 is 23.0 Å². The summed E-state index contributed by atoms with van der Waals surface area (Å²) < 4.78 is 18.7. The van der Waals surface area contributed by atoms with Crippen LogP contribution in [0.5, 0.6) is 0 Å². The Morgan fingerprint density at radius 1 is 1.14 bits per heavy atom. The average Bonchev–Trinajstić information content (AvgIpc) is 2.04. The third-order valence-electron chi connectivity index (χ3n) is 2.00. The van der Waals surface area contributed by atoms with Crippen LogP contribution < -0.4 is 4.89 Å². The van der Waals surface area contributed by atoms with E-state index in [9.17, 15) is 9.46 Å². The van der Waals surface area contributed by atoms with Crippen LogP contribution in [-0.2, 0) is 13.6 Å². The van der Waals surface area contributed by atoms with Crippen LogP contribution >= 0.6 is 7.82 Å². The monoisotopic (exact) mass is 227 g/mol. The molecule has 0 rings (SSSR count). The summed E-state index contributed by atoms with van der Waals surface area (Å²) in [6.45, 7) is 4.44. The van der Waals surface area contributed by atoms with E-state index in [2.05, 4.69) is 44.0 Å². The number of hydrogen-bond acceptors (Lipinski definition) is 4. The molecule has 0 radical (unpaired) electrons. The Morgan fingerprint density at radius 3 is 1.36 bits per heavy atom. The zero-order valence-electron chi connectivity index (χ0n) is 10.1. The molecule has 5 nitrogen and oxygen atoms in total. The van der Waals surface area contributed by atoms with Crippen LogP contribution in [0, 0.1) is 0 Å². The molecule has 0 bridgehead atoms. The Balaban J connectivity index is 0. The molecule has 0 saturated heterocycles. The molecule has 0 aromatic rings. The molecule has 0 spiro atoms. The first kappa shape index (κ1) is 16.5. The third-order valence-corrected chi connectivity index (χ3v) is 2.89. The molecule has 14 heavy (non-hydrogen) atoms. The molecule has 0 fully saturated rings. The summed E-state index contributed by atoms with van der Waals surface area (Å²) in [6, 6.07) is 0.736. The molecule has 6 heteroatoms. The van der Waals surface area contributed by atoms with Crippen LogP contribution in [0.1, 0.15) is 13.8 Å². The largest absolute Gasteiger partial charge is 0.756 e. The zero-order valence-corrected chi connectivity index (χ0v) is 11.0. The van der Waals surface area contributed by atoms with Crippen LogP contribution in [0.4, 0.5) is 0 Å². The minimum Gasteiger partial charge on any atom is -0.756 e. The summed E-state index contributed by atoms with van der Waals surface area (Å²) >= 11 is 0. The molecule has 0 N–H and O–H groups in total. The average molecular weight is 227 g/mol. The molecular weight excluding hydrogens is 205 g/mol. The molecular formula is C8H22NO4P. The van der Waals surface area contributed by atoms with Crippen molar-refractivity contribution in [2.45, 2.75) is 19.9 Å². The fraction of sp³-hybridized carbons (Fsp3) is 1.00. The highest BCUT2D eigenvalue weighted by Gasteiger charge is 2.10. The Hall–Kier alpha value is 0.0700. The van der Waals surface area contributed by atoms with Gasteiger partial charge in [-0.15, -0.1) is 0 Å². The molecule has 0 aliphatic rings. The Labute approximate surface area is 86.8 Å². The van der Waals surface area contributed by atoms with Gasteiger partial charge in [0.15, 0.2) is 0 Å². The van der Waals surface area contributed by atoms with E-state index in [0.29, 0.717) is 0 Å². The van der Waals surface area contributed by atoms with Gasteiger partial charge in [-0.05, 0) is 13.8 Å². The molecule has 0 atom stereocenters. The number of rotatable bonds is 3. The van der Waals surface area contributed by atoms with Crippen molar-refractivity contribution in [3.8, 4) is 0 Å². The smallest absolute Gasteiger partial charge is 0.267 e. The minimum atomic E-state index is -3.90. The van der Waals surface area contributed by atoms with Gasteiger partial charge >= 0.3 is 0 Å². The van der Waals surface area contributed by atoms with Crippen molar-refractivity contribution in [1.82, 2.24) is 0 Å². The number of phosphoric ester groups is 1. The fourth-order valence-electron chi connectivity index (χ4n) is 0.0745. The van der Waals surface area contributed by atoms with Crippen LogP contribution in [0.3, 0.4) is 0 Å². The van der Waals surface area contributed by atoms with Gasteiger partial charge < -0.3 is 18.4 Å². The first-order chi connectivity index (χ1) is 6.06. The van der Waals surface area contributed by atoms with Gasteiger partial charge in [0.1, 0.15) is 0 Å². The van der Waals surface area contributed by atoms with Crippen molar-refractivity contribution in [3.05, 3.63) is 0 Å². The van der Waals surface area contributed by atoms with E-state index in [1.807, 2.05) is 0 Å². The lowest BCUT2D eigenvalue weighted by molar-refractivity contribution is -0.891. The van der Waals surface area contributed by atoms with Crippen molar-refractivity contribution in [1.29, 1.82) is 0 Å². The first-order valence-corrected chi connectivity index (χ1v) is 5.76. The van der Waals surface area contributed by atoms with Gasteiger partial charge in [0, 0.05) is 14.2 Å². The fourth-order valence-corrected chi connectivity index (χ4v) is 0.224. The summed E-state index contributed by atoms with van der Waals surface area (Å²) in [5.41, 5.74) is 0. The maximum atomic E-state index is 9.95. The molecule has 0 heterocycles.